The van der Waals surface area contributed by atoms with Crippen molar-refractivity contribution in [2.75, 3.05) is 33.0 Å². The van der Waals surface area contributed by atoms with Crippen LogP contribution in [0.2, 0.25) is 0 Å². The quantitative estimate of drug-likeness (QED) is 0.106. The fraction of sp³-hybridized carbons (Fsp3) is 0.957. The highest BCUT2D eigenvalue weighted by atomic mass is 16.8. The molecule has 3 saturated heterocycles. The van der Waals surface area contributed by atoms with Crippen molar-refractivity contribution in [2.45, 2.75) is 191 Å². The topological polar surface area (TPSA) is 278 Å². The Bertz CT molecular complexity index is 1670. The minimum absolute atomic E-state index is 0.0142. The number of aliphatic hydroxyl groups is 11. The predicted octanol–water partition coefficient (Wildman–Crippen LogP) is -0.165. The number of ether oxygens (including phenoxy) is 6. The van der Waals surface area contributed by atoms with Crippen LogP contribution in [0, 0.1) is 50.2 Å². The molecule has 0 aromatic heterocycles. The Hall–Kier alpha value is -0.940. The van der Waals surface area contributed by atoms with Gasteiger partial charge in [0.25, 0.3) is 0 Å². The van der Waals surface area contributed by atoms with Crippen molar-refractivity contribution in [1.29, 1.82) is 0 Å². The lowest BCUT2D eigenvalue weighted by atomic mass is 9.33. The number of aliphatic hydroxyl groups excluding tert-OH is 11. The SMILES string of the molecule is CC1(C)CC[C@]2(CO)[C@H](O)C[C@]3(C)C(=CC[C@@H]4[C@@]5(C)CC[C@H](O[C@@H]6OC[C@H](O)[C@H](O)[C@H]6O[C@@H]6O[C@H](CO)[C@@H](O)[C@H](O)[C@H]6O[C@@H]6OC[C@@H](O)[C@H](O)[C@H]6O)[C@@](C)(CO)[C@@H]5CC[C@]43C)[C@@H]2C1. The first-order chi connectivity index (χ1) is 29.6. The molecule has 8 rings (SSSR count). The van der Waals surface area contributed by atoms with Crippen LogP contribution in [0.5, 0.6) is 0 Å². The highest BCUT2D eigenvalue weighted by Crippen LogP contribution is 2.76. The van der Waals surface area contributed by atoms with Crippen LogP contribution < -0.4 is 0 Å². The van der Waals surface area contributed by atoms with Crippen LogP contribution >= 0.6 is 0 Å². The van der Waals surface area contributed by atoms with Crippen molar-refractivity contribution >= 4 is 0 Å². The molecule has 63 heavy (non-hydrogen) atoms. The minimum Gasteiger partial charge on any atom is -0.396 e. The molecule has 11 N–H and O–H groups in total. The monoisotopic (exact) mass is 901 g/mol. The van der Waals surface area contributed by atoms with Crippen molar-refractivity contribution in [3.05, 3.63) is 11.6 Å². The van der Waals surface area contributed by atoms with Crippen molar-refractivity contribution < 1.29 is 84.6 Å². The van der Waals surface area contributed by atoms with E-state index in [0.717, 1.165) is 44.9 Å². The van der Waals surface area contributed by atoms with Gasteiger partial charge in [-0.2, -0.15) is 0 Å². The van der Waals surface area contributed by atoms with Gasteiger partial charge in [0.05, 0.1) is 45.2 Å². The van der Waals surface area contributed by atoms with E-state index in [0.29, 0.717) is 12.8 Å². The fourth-order valence-corrected chi connectivity index (χ4v) is 14.7. The second-order valence-corrected chi connectivity index (χ2v) is 22.6. The number of hydrogen-bond donors (Lipinski definition) is 11. The summed E-state index contributed by atoms with van der Waals surface area (Å²) in [5, 5.41) is 120. The predicted molar refractivity (Wildman–Crippen MR) is 221 cm³/mol. The Balaban J connectivity index is 1.05. The van der Waals surface area contributed by atoms with E-state index in [2.05, 4.69) is 40.7 Å². The van der Waals surface area contributed by atoms with Crippen molar-refractivity contribution in [3.63, 3.8) is 0 Å². The molecular formula is C46H76O17. The second kappa shape index (κ2) is 17.2. The summed E-state index contributed by atoms with van der Waals surface area (Å²) in [4.78, 5) is 0. The molecule has 362 valence electrons. The van der Waals surface area contributed by atoms with Crippen molar-refractivity contribution in [2.24, 2.45) is 50.2 Å². The smallest absolute Gasteiger partial charge is 0.187 e. The Morgan fingerprint density at radius 1 is 0.635 bits per heavy atom. The standard InChI is InChI=1S/C46H76O17/c1-41(2)13-14-46(21-49)23(15-41)22-7-8-28-42(3)11-10-30(43(4,20-48)27(42)9-12-44(28,5)45(22,6)16-29(46)52)61-39-36(32(54)25(51)19-59-39)63-40-37(34(56)33(55)26(17-47)60-40)62-38-35(57)31(53)24(50)18-58-38/h7,23-40,47-57H,8-21H2,1-6H3/t23-,24+,25-,26+,27+,28+,29+,30-,31-,32-,33+,34-,35+,36+,37+,38-,39-,40-,42-,43-,44+,45+,46+/m0/s1. The summed E-state index contributed by atoms with van der Waals surface area (Å²) in [6.07, 6.45) is -12.4. The zero-order valence-electron chi connectivity index (χ0n) is 37.7. The van der Waals surface area contributed by atoms with E-state index >= 15 is 0 Å². The molecule has 17 nitrogen and oxygen atoms in total. The van der Waals surface area contributed by atoms with Gasteiger partial charge in [0.15, 0.2) is 18.9 Å². The zero-order valence-corrected chi connectivity index (χ0v) is 37.7. The largest absolute Gasteiger partial charge is 0.396 e. The Kier molecular flexibility index (Phi) is 13.3. The first-order valence-corrected chi connectivity index (χ1v) is 23.4. The molecule has 8 aliphatic rings. The third kappa shape index (κ3) is 7.54. The van der Waals surface area contributed by atoms with Gasteiger partial charge in [0.1, 0.15) is 61.0 Å². The summed E-state index contributed by atoms with van der Waals surface area (Å²) in [5.41, 5.74) is -0.580. The van der Waals surface area contributed by atoms with Crippen molar-refractivity contribution in [1.82, 2.24) is 0 Å². The lowest BCUT2D eigenvalue weighted by Crippen LogP contribution is -2.68. The molecular weight excluding hydrogens is 824 g/mol. The molecule has 0 spiro atoms. The summed E-state index contributed by atoms with van der Waals surface area (Å²) in [6, 6.07) is 0. The Morgan fingerprint density at radius 2 is 1.29 bits per heavy atom. The van der Waals surface area contributed by atoms with Crippen LogP contribution in [-0.4, -0.2) is 181 Å². The number of allylic oxidation sites excluding steroid dienone is 2. The maximum atomic E-state index is 12.1. The van der Waals surface area contributed by atoms with Gasteiger partial charge in [-0.3, -0.25) is 0 Å². The van der Waals surface area contributed by atoms with Gasteiger partial charge < -0.3 is 84.6 Å². The number of hydrogen-bond acceptors (Lipinski definition) is 17. The summed E-state index contributed by atoms with van der Waals surface area (Å²) < 4.78 is 36.2. The van der Waals surface area contributed by atoms with E-state index in [4.69, 9.17) is 28.4 Å². The average Bonchev–Trinajstić information content (AvgIpc) is 3.24. The van der Waals surface area contributed by atoms with Gasteiger partial charge >= 0.3 is 0 Å². The third-order valence-electron chi connectivity index (χ3n) is 18.8. The molecule has 23 atom stereocenters. The van der Waals surface area contributed by atoms with E-state index in [1.165, 1.54) is 5.57 Å². The molecule has 0 radical (unpaired) electrons. The van der Waals surface area contributed by atoms with E-state index in [1.54, 1.807) is 0 Å². The van der Waals surface area contributed by atoms with Crippen LogP contribution in [0.15, 0.2) is 11.6 Å². The molecule has 0 aromatic rings. The number of rotatable bonds is 9. The van der Waals surface area contributed by atoms with E-state index in [1.807, 2.05) is 6.92 Å². The lowest BCUT2D eigenvalue weighted by molar-refractivity contribution is -0.389. The number of fused-ring (bicyclic) bond motifs is 7. The highest BCUT2D eigenvalue weighted by molar-refractivity contribution is 5.35. The highest BCUT2D eigenvalue weighted by Gasteiger charge is 2.70. The molecule has 0 bridgehead atoms. The van der Waals surface area contributed by atoms with E-state index < -0.39 is 116 Å². The van der Waals surface area contributed by atoms with Crippen LogP contribution in [-0.2, 0) is 28.4 Å². The van der Waals surface area contributed by atoms with Crippen LogP contribution in [0.4, 0.5) is 0 Å². The van der Waals surface area contributed by atoms with Crippen LogP contribution in [0.1, 0.15) is 99.3 Å². The van der Waals surface area contributed by atoms with Gasteiger partial charge in [0, 0.05) is 10.8 Å². The maximum absolute atomic E-state index is 12.1. The van der Waals surface area contributed by atoms with Gasteiger partial charge in [-0.15, -0.1) is 0 Å². The summed E-state index contributed by atoms with van der Waals surface area (Å²) in [7, 11) is 0. The lowest BCUT2D eigenvalue weighted by Gasteiger charge is -2.72. The maximum Gasteiger partial charge on any atom is 0.187 e. The Labute approximate surface area is 370 Å². The zero-order chi connectivity index (χ0) is 45.8. The molecule has 0 aromatic carbocycles. The van der Waals surface area contributed by atoms with Gasteiger partial charge in [-0.1, -0.05) is 53.2 Å². The molecule has 3 aliphatic heterocycles. The molecule has 4 saturated carbocycles. The fourth-order valence-electron chi connectivity index (χ4n) is 14.7. The molecule has 17 heteroatoms. The summed E-state index contributed by atoms with van der Waals surface area (Å²) in [5.74, 6) is 0.290. The summed E-state index contributed by atoms with van der Waals surface area (Å²) >= 11 is 0. The van der Waals surface area contributed by atoms with Gasteiger partial charge in [-0.25, -0.2) is 0 Å². The van der Waals surface area contributed by atoms with E-state index in [-0.39, 0.29) is 59.2 Å². The minimum atomic E-state index is -1.81. The first kappa shape index (κ1) is 48.5. The second-order valence-electron chi connectivity index (χ2n) is 22.6. The van der Waals surface area contributed by atoms with Gasteiger partial charge in [0.2, 0.25) is 0 Å². The Morgan fingerprint density at radius 3 is 1.95 bits per heavy atom. The van der Waals surface area contributed by atoms with Crippen LogP contribution in [0.25, 0.3) is 0 Å². The average molecular weight is 901 g/mol. The molecule has 3 heterocycles. The van der Waals surface area contributed by atoms with Crippen molar-refractivity contribution in [3.8, 4) is 0 Å². The molecule has 0 amide bonds. The molecule has 7 fully saturated rings. The normalized spacial score (nSPS) is 55.7. The molecule has 0 unspecified atom stereocenters. The van der Waals surface area contributed by atoms with Crippen LogP contribution in [0.3, 0.4) is 0 Å². The first-order valence-electron chi connectivity index (χ1n) is 23.4. The molecule has 5 aliphatic carbocycles. The third-order valence-corrected chi connectivity index (χ3v) is 18.8. The van der Waals surface area contributed by atoms with Gasteiger partial charge in [-0.05, 0) is 97.2 Å². The summed E-state index contributed by atoms with van der Waals surface area (Å²) in [6.45, 7) is 12.0. The van der Waals surface area contributed by atoms with E-state index in [9.17, 15) is 56.2 Å².